The molecule has 26 heavy (non-hydrogen) atoms. The first kappa shape index (κ1) is 20.5. The normalized spacial score (nSPS) is 16.7. The fourth-order valence-electron chi connectivity index (χ4n) is 2.72. The van der Waals surface area contributed by atoms with Crippen LogP contribution >= 0.6 is 11.3 Å². The molecule has 146 valence electrons. The van der Waals surface area contributed by atoms with E-state index >= 15 is 0 Å². The molecule has 0 unspecified atom stereocenters. The van der Waals surface area contributed by atoms with Crippen molar-refractivity contribution in [3.8, 4) is 0 Å². The molecule has 6 nitrogen and oxygen atoms in total. The summed E-state index contributed by atoms with van der Waals surface area (Å²) in [6.45, 7) is 2.66. The zero-order chi connectivity index (χ0) is 19.2. The second-order valence-electron chi connectivity index (χ2n) is 6.11. The number of carbonyl (C=O) groups is 1. The molecule has 0 radical (unpaired) electrons. The van der Waals surface area contributed by atoms with Crippen LogP contribution in [0, 0.1) is 0 Å². The number of hydrogen-bond acceptors (Lipinski definition) is 4. The third-order valence-corrected chi connectivity index (χ3v) is 4.94. The topological polar surface area (TPSA) is 51.2 Å². The summed E-state index contributed by atoms with van der Waals surface area (Å²) >= 11 is 1.73. The van der Waals surface area contributed by atoms with Crippen molar-refractivity contribution >= 4 is 23.2 Å². The number of alkyl halides is 3. The molecule has 1 aromatic rings. The van der Waals surface area contributed by atoms with Crippen LogP contribution in [0.1, 0.15) is 4.88 Å². The van der Waals surface area contributed by atoms with Crippen molar-refractivity contribution in [2.75, 3.05) is 53.4 Å². The molecule has 0 saturated carbocycles. The van der Waals surface area contributed by atoms with Gasteiger partial charge in [-0.15, -0.1) is 11.3 Å². The number of guanidine groups is 1. The monoisotopic (exact) mass is 391 g/mol. The molecule has 1 N–H and O–H groups in total. The highest BCUT2D eigenvalue weighted by Crippen LogP contribution is 2.15. The highest BCUT2D eigenvalue weighted by atomic mass is 32.1. The van der Waals surface area contributed by atoms with E-state index in [0.29, 0.717) is 10.9 Å². The van der Waals surface area contributed by atoms with Gasteiger partial charge in [-0.1, -0.05) is 6.07 Å². The van der Waals surface area contributed by atoms with Gasteiger partial charge in [0.2, 0.25) is 5.91 Å². The fraction of sp³-hybridized carbons (Fsp3) is 0.625. The Bertz CT molecular complexity index is 598. The zero-order valence-electron chi connectivity index (χ0n) is 14.9. The van der Waals surface area contributed by atoms with E-state index in [1.165, 1.54) is 4.88 Å². The summed E-state index contributed by atoms with van der Waals surface area (Å²) < 4.78 is 37.0. The lowest BCUT2D eigenvalue weighted by atomic mass is 10.3. The van der Waals surface area contributed by atoms with E-state index < -0.39 is 18.6 Å². The molecular formula is C16H24F3N5OS. The Morgan fingerprint density at radius 2 is 2.04 bits per heavy atom. The molecule has 1 aliphatic rings. The van der Waals surface area contributed by atoms with Crippen molar-refractivity contribution in [1.82, 2.24) is 20.0 Å². The average Bonchev–Trinajstić information content (AvgIpc) is 3.08. The number of nitrogens with one attached hydrogen (secondary N) is 1. The highest BCUT2D eigenvalue weighted by molar-refractivity contribution is 7.09. The number of rotatable bonds is 5. The minimum absolute atomic E-state index is 0.214. The predicted octanol–water partition coefficient (Wildman–Crippen LogP) is 1.46. The summed E-state index contributed by atoms with van der Waals surface area (Å²) in [7, 11) is 2.74. The number of aliphatic imine (C=N–C) groups is 1. The van der Waals surface area contributed by atoms with Gasteiger partial charge in [0.15, 0.2) is 5.96 Å². The van der Waals surface area contributed by atoms with Gasteiger partial charge in [-0.05, 0) is 11.4 Å². The summed E-state index contributed by atoms with van der Waals surface area (Å²) in [6, 6.07) is 4.15. The van der Waals surface area contributed by atoms with Gasteiger partial charge in [0, 0.05) is 51.7 Å². The molecule has 0 spiro atoms. The Hall–Kier alpha value is -1.81. The molecular weight excluding hydrogens is 367 g/mol. The molecule has 10 heteroatoms. The summed E-state index contributed by atoms with van der Waals surface area (Å²) in [6.07, 6.45) is -4.40. The molecule has 0 atom stereocenters. The molecule has 0 aromatic carbocycles. The van der Waals surface area contributed by atoms with Crippen LogP contribution in [0.4, 0.5) is 13.2 Å². The van der Waals surface area contributed by atoms with E-state index in [-0.39, 0.29) is 6.54 Å². The van der Waals surface area contributed by atoms with Gasteiger partial charge >= 0.3 is 6.18 Å². The number of likely N-dealkylation sites (N-methyl/N-ethyl adjacent to an activating group) is 1. The third kappa shape index (κ3) is 6.49. The SMILES string of the molecule is CN=C(NCC(=O)N(C)CC(F)(F)F)N1CCN(Cc2cccs2)CC1. The zero-order valence-corrected chi connectivity index (χ0v) is 15.7. The summed E-state index contributed by atoms with van der Waals surface area (Å²) in [5.74, 6) is -0.0886. The highest BCUT2D eigenvalue weighted by Gasteiger charge is 2.31. The minimum atomic E-state index is -4.40. The molecule has 1 fully saturated rings. The molecule has 2 heterocycles. The Balaban J connectivity index is 1.76. The van der Waals surface area contributed by atoms with Gasteiger partial charge in [-0.25, -0.2) is 0 Å². The average molecular weight is 391 g/mol. The lowest BCUT2D eigenvalue weighted by molar-refractivity contribution is -0.157. The number of hydrogen-bond donors (Lipinski definition) is 1. The van der Waals surface area contributed by atoms with Crippen molar-refractivity contribution in [3.05, 3.63) is 22.4 Å². The number of thiophene rings is 1. The summed E-state index contributed by atoms with van der Waals surface area (Å²) in [5.41, 5.74) is 0. The lowest BCUT2D eigenvalue weighted by Gasteiger charge is -2.36. The quantitative estimate of drug-likeness (QED) is 0.610. The van der Waals surface area contributed by atoms with Crippen LogP contribution < -0.4 is 5.32 Å². The van der Waals surface area contributed by atoms with Crippen molar-refractivity contribution in [3.63, 3.8) is 0 Å². The van der Waals surface area contributed by atoms with Crippen LogP contribution in [0.3, 0.4) is 0 Å². The Morgan fingerprint density at radius 3 is 2.58 bits per heavy atom. The van der Waals surface area contributed by atoms with Crippen LogP contribution in [-0.4, -0.2) is 86.1 Å². The van der Waals surface area contributed by atoms with Crippen LogP contribution in [-0.2, 0) is 11.3 Å². The number of amides is 1. The number of nitrogens with zero attached hydrogens (tertiary/aromatic N) is 4. The molecule has 1 saturated heterocycles. The predicted molar refractivity (Wildman–Crippen MR) is 96.2 cm³/mol. The first-order chi connectivity index (χ1) is 12.3. The van der Waals surface area contributed by atoms with Crippen molar-refractivity contribution in [1.29, 1.82) is 0 Å². The van der Waals surface area contributed by atoms with E-state index in [9.17, 15) is 18.0 Å². The second-order valence-corrected chi connectivity index (χ2v) is 7.14. The molecule has 0 aliphatic carbocycles. The first-order valence-corrected chi connectivity index (χ1v) is 9.17. The van der Waals surface area contributed by atoms with Gasteiger partial charge in [0.1, 0.15) is 6.54 Å². The standard InChI is InChI=1S/C16H24F3N5OS/c1-20-15(21-10-14(25)22(2)12-16(17,18)19)24-7-5-23(6-8-24)11-13-4-3-9-26-13/h3-4,9H,5-8,10-12H2,1-2H3,(H,20,21). The van der Waals surface area contributed by atoms with E-state index in [2.05, 4.69) is 26.7 Å². The maximum Gasteiger partial charge on any atom is 0.406 e. The van der Waals surface area contributed by atoms with E-state index in [1.54, 1.807) is 18.4 Å². The van der Waals surface area contributed by atoms with Gasteiger partial charge in [0.05, 0.1) is 6.54 Å². The van der Waals surface area contributed by atoms with Gasteiger partial charge in [-0.2, -0.15) is 13.2 Å². The lowest BCUT2D eigenvalue weighted by Crippen LogP contribution is -2.53. The molecule has 0 bridgehead atoms. The Morgan fingerprint density at radius 1 is 1.35 bits per heavy atom. The van der Waals surface area contributed by atoms with E-state index in [4.69, 9.17) is 0 Å². The molecule has 1 amide bonds. The fourth-order valence-corrected chi connectivity index (χ4v) is 3.47. The van der Waals surface area contributed by atoms with E-state index in [1.807, 2.05) is 11.0 Å². The van der Waals surface area contributed by atoms with Gasteiger partial charge in [0.25, 0.3) is 0 Å². The van der Waals surface area contributed by atoms with Gasteiger partial charge in [-0.3, -0.25) is 14.7 Å². The van der Waals surface area contributed by atoms with Crippen molar-refractivity contribution < 1.29 is 18.0 Å². The number of carbonyl (C=O) groups excluding carboxylic acids is 1. The molecule has 1 aromatic heterocycles. The van der Waals surface area contributed by atoms with Crippen molar-refractivity contribution in [2.45, 2.75) is 12.7 Å². The second kappa shape index (κ2) is 9.22. The van der Waals surface area contributed by atoms with Crippen molar-refractivity contribution in [2.24, 2.45) is 4.99 Å². The first-order valence-electron chi connectivity index (χ1n) is 8.29. The molecule has 2 rings (SSSR count). The third-order valence-electron chi connectivity index (χ3n) is 4.08. The van der Waals surface area contributed by atoms with Gasteiger partial charge < -0.3 is 15.1 Å². The van der Waals surface area contributed by atoms with E-state index in [0.717, 1.165) is 39.8 Å². The van der Waals surface area contributed by atoms with Crippen LogP contribution in [0.25, 0.3) is 0 Å². The maximum atomic E-state index is 12.3. The Kier molecular flexibility index (Phi) is 7.27. The van der Waals surface area contributed by atoms with Crippen LogP contribution in [0.2, 0.25) is 0 Å². The summed E-state index contributed by atoms with van der Waals surface area (Å²) in [5, 5.41) is 4.93. The Labute approximate surface area is 155 Å². The summed E-state index contributed by atoms with van der Waals surface area (Å²) in [4.78, 5) is 22.3. The maximum absolute atomic E-state index is 12.3. The van der Waals surface area contributed by atoms with Crippen LogP contribution in [0.5, 0.6) is 0 Å². The number of piperazine rings is 1. The molecule has 1 aliphatic heterocycles. The van der Waals surface area contributed by atoms with Crippen LogP contribution in [0.15, 0.2) is 22.5 Å². The smallest absolute Gasteiger partial charge is 0.347 e. The largest absolute Gasteiger partial charge is 0.406 e. The number of halogens is 3. The minimum Gasteiger partial charge on any atom is -0.347 e.